The zero-order chi connectivity index (χ0) is 19.2. The maximum Gasteiger partial charge on any atom is 0.339 e. The van der Waals surface area contributed by atoms with E-state index in [0.717, 1.165) is 0 Å². The molecule has 0 fully saturated rings. The zero-order valence-corrected chi connectivity index (χ0v) is 18.8. The lowest BCUT2D eigenvalue weighted by Gasteiger charge is -2.03. The van der Waals surface area contributed by atoms with E-state index in [1.165, 1.54) is 5.57 Å². The second kappa shape index (κ2) is 20.2. The highest BCUT2D eigenvalue weighted by molar-refractivity contribution is 9.09. The second-order valence-corrected chi connectivity index (χ2v) is 11.9. The monoisotopic (exact) mass is 505 g/mol. The molecule has 0 aromatic rings. The van der Waals surface area contributed by atoms with Gasteiger partial charge in [0.15, 0.2) is 12.4 Å². The van der Waals surface area contributed by atoms with Crippen molar-refractivity contribution in [3.05, 3.63) is 11.8 Å². The molecule has 0 aliphatic rings. The number of carbonyl (C=O) groups is 1. The fourth-order valence-electron chi connectivity index (χ4n) is 0.994. The van der Waals surface area contributed by atoms with Gasteiger partial charge in [0.1, 0.15) is 39.1 Å². The van der Waals surface area contributed by atoms with Gasteiger partial charge in [-0.2, -0.15) is 0 Å². The molecular weight excluding hydrogens is 475 g/mol. The molecule has 11 heteroatoms. The van der Waals surface area contributed by atoms with Gasteiger partial charge in [-0.05, 0) is 33.7 Å². The van der Waals surface area contributed by atoms with Crippen molar-refractivity contribution in [1.82, 2.24) is 4.90 Å². The Morgan fingerprint density at radius 2 is 1.32 bits per heavy atom. The molecule has 0 aliphatic carbocycles. The zero-order valence-electron chi connectivity index (χ0n) is 14.0. The third-order valence-corrected chi connectivity index (χ3v) is 1.82. The molecule has 0 aliphatic heterocycles. The van der Waals surface area contributed by atoms with Crippen LogP contribution >= 0.6 is 54.9 Å². The highest BCUT2D eigenvalue weighted by Gasteiger charge is 2.03. The Labute approximate surface area is 175 Å². The van der Waals surface area contributed by atoms with Crippen LogP contribution in [0.3, 0.4) is 0 Å². The van der Waals surface area contributed by atoms with Crippen LogP contribution in [0.5, 0.6) is 0 Å². The molecule has 0 saturated heterocycles. The average molecular weight is 508 g/mol. The summed E-state index contributed by atoms with van der Waals surface area (Å²) in [5, 5.41) is 4.49. The summed E-state index contributed by atoms with van der Waals surface area (Å²) in [6.07, 6.45) is 6.25. The largest absolute Gasteiger partial charge is 0.481 e. The van der Waals surface area contributed by atoms with E-state index in [4.69, 9.17) is 5.11 Å². The third-order valence-electron chi connectivity index (χ3n) is 1.34. The van der Waals surface area contributed by atoms with Crippen LogP contribution in [0, 0.1) is 0 Å². The molecule has 25 heavy (non-hydrogen) atoms. The van der Waals surface area contributed by atoms with Gasteiger partial charge in [-0.15, -0.1) is 0 Å². The SMILES string of the molecule is C.C.CN(C)C=C(C=[N+](C)C)C=[N+](C)C.O=C(O)CBr.O=P(Cl)(Cl)Cl. The van der Waals surface area contributed by atoms with Gasteiger partial charge in [0.25, 0.3) is 0 Å². The molecule has 6 nitrogen and oxygen atoms in total. The first-order valence-corrected chi connectivity index (χ1v) is 11.6. The summed E-state index contributed by atoms with van der Waals surface area (Å²) in [5.74, 6) is -0.829. The maximum absolute atomic E-state index is 9.51. The fourth-order valence-corrected chi connectivity index (χ4v) is 0.994. The van der Waals surface area contributed by atoms with E-state index in [1.54, 1.807) is 0 Å². The molecule has 0 atom stereocenters. The minimum atomic E-state index is -3.22. The predicted molar refractivity (Wildman–Crippen MR) is 118 cm³/mol. The van der Waals surface area contributed by atoms with Crippen molar-refractivity contribution in [2.45, 2.75) is 14.9 Å². The molecule has 0 heterocycles. The lowest BCUT2D eigenvalue weighted by molar-refractivity contribution is -0.462. The van der Waals surface area contributed by atoms with Crippen LogP contribution in [0.25, 0.3) is 0 Å². The van der Waals surface area contributed by atoms with Crippen LogP contribution in [-0.2, 0) is 9.36 Å². The van der Waals surface area contributed by atoms with Crippen LogP contribution in [0.4, 0.5) is 0 Å². The molecule has 0 spiro atoms. The first-order chi connectivity index (χ1) is 10.2. The van der Waals surface area contributed by atoms with Crippen molar-refractivity contribution < 1.29 is 23.6 Å². The standard InChI is InChI=1S/C10H21N3.C2H3BrO2.2CH4.Cl3OP/c1-11(2)7-10(8-12(3)4)9-13(5)6;3-1-2(4)5;;;1-5(2,3)4/h7-9H,1-6H3;1H2,(H,4,5);2*1H4;/q+2;;;;. The summed E-state index contributed by atoms with van der Waals surface area (Å²) >= 11 is 16.6. The summed E-state index contributed by atoms with van der Waals surface area (Å²) in [6.45, 7) is 0. The van der Waals surface area contributed by atoms with Gasteiger partial charge in [-0.3, -0.25) is 9.36 Å². The van der Waals surface area contributed by atoms with Crippen molar-refractivity contribution in [3.63, 3.8) is 0 Å². The first-order valence-electron chi connectivity index (χ1n) is 6.06. The minimum absolute atomic E-state index is 0. The number of hydrogen-bond donors (Lipinski definition) is 1. The van der Waals surface area contributed by atoms with Gasteiger partial charge in [-0.25, -0.2) is 9.15 Å². The molecule has 152 valence electrons. The summed E-state index contributed by atoms with van der Waals surface area (Å²) < 4.78 is 13.6. The fraction of sp³-hybridized carbons (Fsp3) is 0.643. The minimum Gasteiger partial charge on any atom is -0.481 e. The summed E-state index contributed by atoms with van der Waals surface area (Å²) in [6, 6.07) is 0. The Morgan fingerprint density at radius 3 is 1.44 bits per heavy atom. The van der Waals surface area contributed by atoms with Crippen molar-refractivity contribution in [2.75, 3.05) is 47.6 Å². The van der Waals surface area contributed by atoms with Gasteiger partial charge >= 0.3 is 11.2 Å². The van der Waals surface area contributed by atoms with Gasteiger partial charge in [0.2, 0.25) is 0 Å². The van der Waals surface area contributed by atoms with Gasteiger partial charge in [0.05, 0.1) is 0 Å². The van der Waals surface area contributed by atoms with Crippen molar-refractivity contribution in [2.24, 2.45) is 0 Å². The number of nitrogens with zero attached hydrogens (tertiary/aromatic N) is 3. The molecule has 0 unspecified atom stereocenters. The maximum atomic E-state index is 9.51. The van der Waals surface area contributed by atoms with E-state index in [1.807, 2.05) is 56.3 Å². The normalized spacial score (nSPS) is 8.40. The summed E-state index contributed by atoms with van der Waals surface area (Å²) in [4.78, 5) is 11.4. The third kappa shape index (κ3) is 59.3. The number of allylic oxidation sites excluding steroid dienone is 1. The van der Waals surface area contributed by atoms with Crippen LogP contribution in [0.2, 0.25) is 0 Å². The van der Waals surface area contributed by atoms with E-state index >= 15 is 0 Å². The predicted octanol–water partition coefficient (Wildman–Crippen LogP) is 4.67. The molecule has 0 amide bonds. The Morgan fingerprint density at radius 1 is 1.08 bits per heavy atom. The van der Waals surface area contributed by atoms with E-state index in [-0.39, 0.29) is 20.2 Å². The van der Waals surface area contributed by atoms with Crippen molar-refractivity contribution >= 4 is 73.3 Å². The smallest absolute Gasteiger partial charge is 0.339 e. The summed E-state index contributed by atoms with van der Waals surface area (Å²) in [5.41, 5.74) is 1.18. The Bertz CT molecular complexity index is 457. The van der Waals surface area contributed by atoms with Gasteiger partial charge in [0, 0.05) is 20.3 Å². The van der Waals surface area contributed by atoms with Crippen molar-refractivity contribution in [1.29, 1.82) is 0 Å². The highest BCUT2D eigenvalue weighted by atomic mass is 79.9. The number of carboxylic acids is 1. The number of hydrogen-bond acceptors (Lipinski definition) is 3. The molecule has 0 saturated carbocycles. The van der Waals surface area contributed by atoms with Crippen LogP contribution in [0.15, 0.2) is 11.8 Å². The molecule has 0 radical (unpaired) electrons. The van der Waals surface area contributed by atoms with Crippen LogP contribution < -0.4 is 0 Å². The lowest BCUT2D eigenvalue weighted by Crippen LogP contribution is -2.11. The quantitative estimate of drug-likeness (QED) is 0.260. The van der Waals surface area contributed by atoms with Crippen LogP contribution in [-0.4, -0.2) is 85.2 Å². The van der Waals surface area contributed by atoms with Gasteiger partial charge in [-0.1, -0.05) is 30.8 Å². The van der Waals surface area contributed by atoms with E-state index in [2.05, 4.69) is 68.3 Å². The van der Waals surface area contributed by atoms with Crippen LogP contribution in [0.1, 0.15) is 14.9 Å². The number of rotatable bonds is 4. The number of halogens is 4. The first kappa shape index (κ1) is 35.9. The Kier molecular flexibility index (Phi) is 29.1. The number of alkyl halides is 1. The molecule has 1 N–H and O–H groups in total. The Balaban J connectivity index is -0.0000000933. The molecule has 0 rings (SSSR count). The summed E-state index contributed by atoms with van der Waals surface area (Å²) in [7, 11) is 12.1. The number of carboxylic acid groups (broad SMARTS) is 1. The molecular formula is C14H32BrCl3N3O3P+2. The molecule has 0 bridgehead atoms. The second-order valence-electron chi connectivity index (χ2n) is 4.70. The Hall–Kier alpha value is -0.0700. The average Bonchev–Trinajstić information content (AvgIpc) is 2.24. The number of aliphatic carboxylic acids is 1. The van der Waals surface area contributed by atoms with E-state index in [0.29, 0.717) is 0 Å². The molecule has 0 aromatic carbocycles. The highest BCUT2D eigenvalue weighted by Crippen LogP contribution is 2.61. The van der Waals surface area contributed by atoms with Crippen molar-refractivity contribution in [3.8, 4) is 0 Å². The van der Waals surface area contributed by atoms with E-state index < -0.39 is 11.2 Å². The van der Waals surface area contributed by atoms with Gasteiger partial charge < -0.3 is 10.0 Å². The topological polar surface area (TPSA) is 63.6 Å². The molecule has 0 aromatic heterocycles. The van der Waals surface area contributed by atoms with E-state index in [9.17, 15) is 9.36 Å². The lowest BCUT2D eigenvalue weighted by atomic mass is 10.3.